The first-order valence-electron chi connectivity index (χ1n) is 4.50. The average Bonchev–Trinajstić information content (AvgIpc) is 2.44. The molecule has 0 spiro atoms. The van der Waals surface area contributed by atoms with Crippen LogP contribution in [0.3, 0.4) is 0 Å². The lowest BCUT2D eigenvalue weighted by molar-refractivity contribution is -0.130. The van der Waals surface area contributed by atoms with E-state index in [-0.39, 0.29) is 11.6 Å². The zero-order valence-electron chi connectivity index (χ0n) is 8.63. The first kappa shape index (κ1) is 12.5. The van der Waals surface area contributed by atoms with Crippen molar-refractivity contribution in [3.63, 3.8) is 0 Å². The summed E-state index contributed by atoms with van der Waals surface area (Å²) in [5.74, 6) is -2.86. The largest absolute Gasteiger partial charge is 0.475 e. The Morgan fingerprint density at radius 2 is 2.06 bits per heavy atom. The predicted octanol–water partition coefficient (Wildman–Crippen LogP) is 2.60. The minimum absolute atomic E-state index is 0.0340. The molecule has 4 nitrogen and oxygen atoms in total. The summed E-state index contributed by atoms with van der Waals surface area (Å²) in [5, 5.41) is 8.71. The summed E-state index contributed by atoms with van der Waals surface area (Å²) >= 11 is 0. The molecule has 0 aliphatic carbocycles. The van der Waals surface area contributed by atoms with Crippen molar-refractivity contribution in [3.05, 3.63) is 17.3 Å². The summed E-state index contributed by atoms with van der Waals surface area (Å²) < 4.78 is 40.7. The van der Waals surface area contributed by atoms with Gasteiger partial charge in [-0.05, 0) is 5.92 Å². The molecule has 0 unspecified atom stereocenters. The van der Waals surface area contributed by atoms with Crippen LogP contribution in [0.5, 0.6) is 0 Å². The van der Waals surface area contributed by atoms with Crippen LogP contribution in [-0.2, 0) is 6.42 Å². The molecule has 0 saturated heterocycles. The molecule has 0 atom stereocenters. The number of carboxylic acids is 1. The third-order valence-corrected chi connectivity index (χ3v) is 1.79. The summed E-state index contributed by atoms with van der Waals surface area (Å²) in [7, 11) is 0. The standard InChI is InChI=1S/C9H10F3NO3/c1-4(2)6-7(8(14)15)16-5(13-6)3-9(10,11)12/h4H,3H2,1-2H3,(H,14,15). The highest BCUT2D eigenvalue weighted by Gasteiger charge is 2.32. The lowest BCUT2D eigenvalue weighted by atomic mass is 10.1. The zero-order valence-corrected chi connectivity index (χ0v) is 8.63. The lowest BCUT2D eigenvalue weighted by Gasteiger charge is -2.00. The second kappa shape index (κ2) is 4.15. The van der Waals surface area contributed by atoms with Crippen LogP contribution < -0.4 is 0 Å². The number of halogens is 3. The lowest BCUT2D eigenvalue weighted by Crippen LogP contribution is -2.11. The third kappa shape index (κ3) is 2.98. The highest BCUT2D eigenvalue weighted by atomic mass is 19.4. The van der Waals surface area contributed by atoms with Gasteiger partial charge in [-0.2, -0.15) is 13.2 Å². The topological polar surface area (TPSA) is 63.3 Å². The Labute approximate surface area is 89.1 Å². The number of hydrogen-bond donors (Lipinski definition) is 1. The molecule has 1 aromatic rings. The van der Waals surface area contributed by atoms with E-state index >= 15 is 0 Å². The van der Waals surface area contributed by atoms with E-state index in [0.717, 1.165) is 0 Å². The van der Waals surface area contributed by atoms with Crippen molar-refractivity contribution in [1.82, 2.24) is 4.98 Å². The second-order valence-corrected chi connectivity index (χ2v) is 3.57. The van der Waals surface area contributed by atoms with Crippen LogP contribution >= 0.6 is 0 Å². The number of aromatic nitrogens is 1. The van der Waals surface area contributed by atoms with Crippen molar-refractivity contribution in [2.75, 3.05) is 0 Å². The molecule has 90 valence electrons. The molecule has 0 saturated carbocycles. The minimum atomic E-state index is -4.46. The van der Waals surface area contributed by atoms with E-state index < -0.39 is 30.2 Å². The van der Waals surface area contributed by atoms with Gasteiger partial charge < -0.3 is 9.52 Å². The molecule has 1 heterocycles. The summed E-state index contributed by atoms with van der Waals surface area (Å²) in [4.78, 5) is 14.2. The predicted molar refractivity (Wildman–Crippen MR) is 47.3 cm³/mol. The van der Waals surface area contributed by atoms with Gasteiger partial charge in [-0.1, -0.05) is 13.8 Å². The Morgan fingerprint density at radius 1 is 1.50 bits per heavy atom. The molecule has 16 heavy (non-hydrogen) atoms. The maximum Gasteiger partial charge on any atom is 0.397 e. The van der Waals surface area contributed by atoms with Crippen molar-refractivity contribution in [1.29, 1.82) is 0 Å². The van der Waals surface area contributed by atoms with Crippen molar-refractivity contribution in [2.24, 2.45) is 0 Å². The van der Waals surface area contributed by atoms with E-state index in [4.69, 9.17) is 5.11 Å². The zero-order chi connectivity index (χ0) is 12.5. The second-order valence-electron chi connectivity index (χ2n) is 3.57. The fourth-order valence-corrected chi connectivity index (χ4v) is 1.17. The van der Waals surface area contributed by atoms with Crippen molar-refractivity contribution < 1.29 is 27.5 Å². The SMILES string of the molecule is CC(C)c1nc(CC(F)(F)F)oc1C(=O)O. The molecule has 0 bridgehead atoms. The van der Waals surface area contributed by atoms with Gasteiger partial charge in [-0.15, -0.1) is 0 Å². The van der Waals surface area contributed by atoms with E-state index in [9.17, 15) is 18.0 Å². The number of aromatic carboxylic acids is 1. The summed E-state index contributed by atoms with van der Waals surface area (Å²) in [5.41, 5.74) is 0.0340. The monoisotopic (exact) mass is 237 g/mol. The van der Waals surface area contributed by atoms with E-state index in [1.165, 1.54) is 0 Å². The molecular formula is C9H10F3NO3. The summed E-state index contributed by atoms with van der Waals surface area (Å²) in [6.07, 6.45) is -5.82. The molecule has 0 aliphatic rings. The van der Waals surface area contributed by atoms with Crippen LogP contribution in [0.15, 0.2) is 4.42 Å². The molecule has 1 N–H and O–H groups in total. The number of alkyl halides is 3. The summed E-state index contributed by atoms with van der Waals surface area (Å²) in [6.45, 7) is 3.25. The van der Waals surface area contributed by atoms with E-state index in [0.29, 0.717) is 0 Å². The number of nitrogens with zero attached hydrogens (tertiary/aromatic N) is 1. The van der Waals surface area contributed by atoms with Gasteiger partial charge in [0.25, 0.3) is 0 Å². The van der Waals surface area contributed by atoms with Gasteiger partial charge >= 0.3 is 12.1 Å². The van der Waals surface area contributed by atoms with Gasteiger partial charge in [-0.25, -0.2) is 9.78 Å². The number of hydrogen-bond acceptors (Lipinski definition) is 3. The van der Waals surface area contributed by atoms with Crippen molar-refractivity contribution >= 4 is 5.97 Å². The van der Waals surface area contributed by atoms with Gasteiger partial charge in [-0.3, -0.25) is 0 Å². The highest BCUT2D eigenvalue weighted by molar-refractivity contribution is 5.85. The van der Waals surface area contributed by atoms with Gasteiger partial charge in [0.1, 0.15) is 6.42 Å². The van der Waals surface area contributed by atoms with Crippen molar-refractivity contribution in [2.45, 2.75) is 32.4 Å². The minimum Gasteiger partial charge on any atom is -0.475 e. The Bertz CT molecular complexity index is 395. The van der Waals surface area contributed by atoms with E-state index in [2.05, 4.69) is 9.40 Å². The Morgan fingerprint density at radius 3 is 2.38 bits per heavy atom. The van der Waals surface area contributed by atoms with Crippen LogP contribution in [0.25, 0.3) is 0 Å². The number of carbonyl (C=O) groups is 1. The fourth-order valence-electron chi connectivity index (χ4n) is 1.17. The van der Waals surface area contributed by atoms with Crippen LogP contribution in [0.4, 0.5) is 13.2 Å². The van der Waals surface area contributed by atoms with Crippen LogP contribution in [-0.4, -0.2) is 22.2 Å². The quantitative estimate of drug-likeness (QED) is 0.877. The number of carboxylic acid groups (broad SMARTS) is 1. The number of rotatable bonds is 3. The van der Waals surface area contributed by atoms with Crippen molar-refractivity contribution in [3.8, 4) is 0 Å². The maximum absolute atomic E-state index is 12.0. The Balaban J connectivity index is 3.07. The van der Waals surface area contributed by atoms with E-state index in [1.807, 2.05) is 0 Å². The molecule has 0 aliphatic heterocycles. The van der Waals surface area contributed by atoms with Crippen LogP contribution in [0.1, 0.15) is 41.9 Å². The maximum atomic E-state index is 12.0. The molecule has 1 aromatic heterocycles. The van der Waals surface area contributed by atoms with Gasteiger partial charge in [0, 0.05) is 0 Å². The molecule has 0 aromatic carbocycles. The Hall–Kier alpha value is -1.53. The first-order chi connectivity index (χ1) is 7.20. The van der Waals surface area contributed by atoms with Gasteiger partial charge in [0.2, 0.25) is 11.7 Å². The Kier molecular flexibility index (Phi) is 3.25. The van der Waals surface area contributed by atoms with Gasteiger partial charge in [0.15, 0.2) is 0 Å². The molecule has 0 amide bonds. The molecule has 0 fully saturated rings. The smallest absolute Gasteiger partial charge is 0.397 e. The molecule has 7 heteroatoms. The number of oxazole rings is 1. The normalized spacial score (nSPS) is 12.1. The third-order valence-electron chi connectivity index (χ3n) is 1.79. The van der Waals surface area contributed by atoms with Crippen LogP contribution in [0, 0.1) is 0 Å². The fraction of sp³-hybridized carbons (Fsp3) is 0.556. The molecule has 1 rings (SSSR count). The first-order valence-corrected chi connectivity index (χ1v) is 4.50. The van der Waals surface area contributed by atoms with E-state index in [1.54, 1.807) is 13.8 Å². The molecular weight excluding hydrogens is 227 g/mol. The summed E-state index contributed by atoms with van der Waals surface area (Å²) in [6, 6.07) is 0. The highest BCUT2D eigenvalue weighted by Crippen LogP contribution is 2.25. The molecule has 0 radical (unpaired) electrons. The van der Waals surface area contributed by atoms with Gasteiger partial charge in [0.05, 0.1) is 5.69 Å². The average molecular weight is 237 g/mol. The van der Waals surface area contributed by atoms with Crippen LogP contribution in [0.2, 0.25) is 0 Å².